The number of hydrogen-bond donors (Lipinski definition) is 0. The van der Waals surface area contributed by atoms with Gasteiger partial charge in [-0.2, -0.15) is 0 Å². The van der Waals surface area contributed by atoms with E-state index in [4.69, 9.17) is 18.9 Å². The average molecular weight is 659 g/mol. The minimum Gasteiger partial charge on any atom is -0.459 e. The van der Waals surface area contributed by atoms with E-state index in [1.807, 2.05) is 65.8 Å². The van der Waals surface area contributed by atoms with E-state index in [1.165, 1.54) is 24.3 Å². The minimum absolute atomic E-state index is 0.280. The van der Waals surface area contributed by atoms with Gasteiger partial charge in [0, 0.05) is 12.8 Å². The minimum atomic E-state index is -0.842. The summed E-state index contributed by atoms with van der Waals surface area (Å²) in [6.07, 6.45) is 1.82. The summed E-state index contributed by atoms with van der Waals surface area (Å²) in [5.41, 5.74) is 1.96. The van der Waals surface area contributed by atoms with Gasteiger partial charge in [0.1, 0.15) is 23.4 Å². The Morgan fingerprint density at radius 3 is 1.00 bits per heavy atom. The molecule has 0 fully saturated rings. The van der Waals surface area contributed by atoms with Gasteiger partial charge in [-0.15, -0.1) is 0 Å². The van der Waals surface area contributed by atoms with E-state index >= 15 is 0 Å². The maximum Gasteiger partial charge on any atom is 0.338 e. The zero-order chi connectivity index (χ0) is 35.5. The van der Waals surface area contributed by atoms with Gasteiger partial charge in [0.15, 0.2) is 0 Å². The summed E-state index contributed by atoms with van der Waals surface area (Å²) in [7, 11) is 0. The average Bonchev–Trinajstić information content (AvgIpc) is 3.07. The Hall–Kier alpha value is -4.46. The van der Waals surface area contributed by atoms with Crippen LogP contribution in [0.25, 0.3) is 0 Å². The van der Waals surface area contributed by atoms with Crippen molar-refractivity contribution in [2.24, 2.45) is 0 Å². The van der Waals surface area contributed by atoms with Gasteiger partial charge in [-0.3, -0.25) is 0 Å². The van der Waals surface area contributed by atoms with Gasteiger partial charge in [-0.1, -0.05) is 63.1 Å². The van der Waals surface area contributed by atoms with Crippen LogP contribution in [0.15, 0.2) is 72.8 Å². The van der Waals surface area contributed by atoms with Gasteiger partial charge in [-0.25, -0.2) is 19.2 Å². The van der Waals surface area contributed by atoms with E-state index in [1.54, 1.807) is 38.1 Å². The van der Waals surface area contributed by atoms with Crippen molar-refractivity contribution < 1.29 is 38.1 Å². The highest BCUT2D eigenvalue weighted by Gasteiger charge is 2.36. The highest BCUT2D eigenvalue weighted by atomic mass is 16.6. The van der Waals surface area contributed by atoms with Gasteiger partial charge < -0.3 is 18.9 Å². The summed E-state index contributed by atoms with van der Waals surface area (Å²) in [6, 6.07) is 20.5. The standard InChI is InChI=1S/C40H50O8/c1-9-39(10-2,47-37(43)33-19-15-28(6)16-20-33)26-30(8)46-36(42)32-21-23-34(24-22-32)38(44)48-40(11-3,12-4)25-29(7)45-35(41)31-17-13-27(5)14-18-31/h13-24,29-30H,9-12,25-26H2,1-8H3. The molecule has 0 bridgehead atoms. The molecule has 0 aromatic heterocycles. The Labute approximate surface area is 285 Å². The van der Waals surface area contributed by atoms with Crippen LogP contribution in [0.4, 0.5) is 0 Å². The lowest BCUT2D eigenvalue weighted by Crippen LogP contribution is -2.38. The van der Waals surface area contributed by atoms with Gasteiger partial charge in [0.25, 0.3) is 0 Å². The molecule has 8 nitrogen and oxygen atoms in total. The number of rotatable bonds is 16. The quantitative estimate of drug-likeness (QED) is 0.111. The molecule has 0 amide bonds. The SMILES string of the molecule is CCC(CC)(CC(C)OC(=O)c1ccc(C(=O)OC(CC)(CC)CC(C)OC(=O)c2ccc(C)cc2)cc1)OC(=O)c1ccc(C)cc1. The maximum atomic E-state index is 13.2. The van der Waals surface area contributed by atoms with E-state index in [9.17, 15) is 19.2 Å². The van der Waals surface area contributed by atoms with Crippen molar-refractivity contribution in [3.8, 4) is 0 Å². The monoisotopic (exact) mass is 658 g/mol. The molecule has 2 atom stereocenters. The Morgan fingerprint density at radius 1 is 0.479 bits per heavy atom. The third-order valence-electron chi connectivity index (χ3n) is 9.06. The Morgan fingerprint density at radius 2 is 0.729 bits per heavy atom. The molecule has 0 aliphatic rings. The third-order valence-corrected chi connectivity index (χ3v) is 9.06. The van der Waals surface area contributed by atoms with E-state index in [-0.39, 0.29) is 11.1 Å². The first-order chi connectivity index (χ1) is 22.8. The fourth-order valence-electron chi connectivity index (χ4n) is 5.71. The topological polar surface area (TPSA) is 105 Å². The van der Waals surface area contributed by atoms with Gasteiger partial charge in [-0.05, 0) is 102 Å². The number of aryl methyl sites for hydroxylation is 2. The predicted octanol–water partition coefficient (Wildman–Crippen LogP) is 9.01. The summed E-state index contributed by atoms with van der Waals surface area (Å²) in [5, 5.41) is 0. The number of benzene rings is 3. The Bertz CT molecular complexity index is 1510. The van der Waals surface area contributed by atoms with Crippen LogP contribution in [0.3, 0.4) is 0 Å². The van der Waals surface area contributed by atoms with Crippen LogP contribution in [0.2, 0.25) is 0 Å². The highest BCUT2D eigenvalue weighted by Crippen LogP contribution is 2.31. The molecule has 0 aliphatic carbocycles. The van der Waals surface area contributed by atoms with Crippen molar-refractivity contribution in [3.63, 3.8) is 0 Å². The third kappa shape index (κ3) is 10.3. The first-order valence-electron chi connectivity index (χ1n) is 16.9. The first-order valence-corrected chi connectivity index (χ1v) is 16.9. The molecule has 0 heterocycles. The molecule has 3 rings (SSSR count). The Balaban J connectivity index is 1.60. The van der Waals surface area contributed by atoms with Crippen LogP contribution in [0.1, 0.15) is 133 Å². The van der Waals surface area contributed by atoms with Crippen molar-refractivity contribution in [2.45, 2.75) is 117 Å². The molecule has 0 aliphatic heterocycles. The predicted molar refractivity (Wildman–Crippen MR) is 185 cm³/mol. The fraction of sp³-hybridized carbons (Fsp3) is 0.450. The van der Waals surface area contributed by atoms with Crippen molar-refractivity contribution in [1.29, 1.82) is 0 Å². The van der Waals surface area contributed by atoms with Crippen LogP contribution >= 0.6 is 0 Å². The van der Waals surface area contributed by atoms with E-state index in [0.717, 1.165) is 11.1 Å². The molecular weight excluding hydrogens is 608 g/mol. The van der Waals surface area contributed by atoms with Crippen molar-refractivity contribution in [1.82, 2.24) is 0 Å². The number of ether oxygens (including phenoxy) is 4. The molecule has 8 heteroatoms. The second kappa shape index (κ2) is 17.1. The molecule has 0 N–H and O–H groups in total. The lowest BCUT2D eigenvalue weighted by Gasteiger charge is -2.34. The number of carbonyl (C=O) groups excluding carboxylic acids is 4. The summed E-state index contributed by atoms with van der Waals surface area (Å²) < 4.78 is 23.4. The number of hydrogen-bond acceptors (Lipinski definition) is 8. The molecule has 48 heavy (non-hydrogen) atoms. The van der Waals surface area contributed by atoms with Crippen LogP contribution in [0, 0.1) is 13.8 Å². The van der Waals surface area contributed by atoms with Gasteiger partial charge in [0.05, 0.1) is 22.3 Å². The molecule has 2 unspecified atom stereocenters. The highest BCUT2D eigenvalue weighted by molar-refractivity contribution is 5.93. The molecule has 3 aromatic rings. The second-order valence-electron chi connectivity index (χ2n) is 12.7. The van der Waals surface area contributed by atoms with Gasteiger partial charge in [0.2, 0.25) is 0 Å². The molecule has 258 valence electrons. The zero-order valence-corrected chi connectivity index (χ0v) is 29.6. The lowest BCUT2D eigenvalue weighted by molar-refractivity contribution is -0.0514. The van der Waals surface area contributed by atoms with Crippen molar-refractivity contribution in [2.75, 3.05) is 0 Å². The van der Waals surface area contributed by atoms with Crippen molar-refractivity contribution in [3.05, 3.63) is 106 Å². The number of carbonyl (C=O) groups is 4. The van der Waals surface area contributed by atoms with Crippen molar-refractivity contribution >= 4 is 23.9 Å². The summed E-state index contributed by atoms with van der Waals surface area (Å²) in [5.74, 6) is -1.91. The first kappa shape index (κ1) is 38.0. The molecule has 0 spiro atoms. The van der Waals surface area contributed by atoms with E-state index in [0.29, 0.717) is 49.7 Å². The maximum absolute atomic E-state index is 13.2. The molecule has 0 radical (unpaired) electrons. The smallest absolute Gasteiger partial charge is 0.338 e. The molecular formula is C40H50O8. The second-order valence-corrected chi connectivity index (χ2v) is 12.7. The fourth-order valence-corrected chi connectivity index (χ4v) is 5.71. The normalized spacial score (nSPS) is 12.8. The van der Waals surface area contributed by atoms with Gasteiger partial charge >= 0.3 is 23.9 Å². The summed E-state index contributed by atoms with van der Waals surface area (Å²) >= 11 is 0. The largest absolute Gasteiger partial charge is 0.459 e. The van der Waals surface area contributed by atoms with E-state index in [2.05, 4.69) is 0 Å². The van der Waals surface area contributed by atoms with Crippen LogP contribution in [-0.2, 0) is 18.9 Å². The zero-order valence-electron chi connectivity index (χ0n) is 29.6. The molecule has 3 aromatic carbocycles. The van der Waals surface area contributed by atoms with E-state index < -0.39 is 47.3 Å². The van der Waals surface area contributed by atoms with Crippen LogP contribution in [0.5, 0.6) is 0 Å². The molecule has 0 saturated carbocycles. The molecule has 0 saturated heterocycles. The lowest BCUT2D eigenvalue weighted by atomic mass is 9.90. The Kier molecular flexibility index (Phi) is 13.5. The van der Waals surface area contributed by atoms with Crippen LogP contribution < -0.4 is 0 Å². The number of esters is 4. The summed E-state index contributed by atoms with van der Waals surface area (Å²) in [6.45, 7) is 15.2. The summed E-state index contributed by atoms with van der Waals surface area (Å²) in [4.78, 5) is 51.8. The van der Waals surface area contributed by atoms with Crippen LogP contribution in [-0.4, -0.2) is 47.3 Å².